The Balaban J connectivity index is 3.44. The highest BCUT2D eigenvalue weighted by Crippen LogP contribution is 1.83. The van der Waals surface area contributed by atoms with Crippen LogP contribution in [0.1, 0.15) is 13.3 Å². The van der Waals surface area contributed by atoms with Crippen molar-refractivity contribution in [2.45, 2.75) is 19.4 Å². The Kier molecular flexibility index (Phi) is 7.87. The predicted octanol–water partition coefficient (Wildman–Crippen LogP) is 0.351. The third-order valence-corrected chi connectivity index (χ3v) is 1.72. The number of carbonyl (C=O) groups excluding carboxylic acids is 1. The molecule has 2 amide bonds. The summed E-state index contributed by atoms with van der Waals surface area (Å²) in [6.07, 6.45) is 2.51. The zero-order valence-electron chi connectivity index (χ0n) is 9.36. The van der Waals surface area contributed by atoms with Gasteiger partial charge in [0.05, 0.1) is 13.2 Å². The molecule has 0 heterocycles. The molecule has 0 aromatic carbocycles. The van der Waals surface area contributed by atoms with Crippen LogP contribution in [0.15, 0.2) is 12.7 Å². The molecule has 92 valence electrons. The van der Waals surface area contributed by atoms with Crippen LogP contribution >= 0.6 is 0 Å². The second-order valence-corrected chi connectivity index (χ2v) is 3.15. The van der Waals surface area contributed by atoms with Crippen LogP contribution in [0, 0.1) is 0 Å². The summed E-state index contributed by atoms with van der Waals surface area (Å²) in [4.78, 5) is 21.5. The fourth-order valence-electron chi connectivity index (χ4n) is 0.815. The minimum absolute atomic E-state index is 0.343. The van der Waals surface area contributed by atoms with Crippen molar-refractivity contribution in [3.8, 4) is 0 Å². The number of amides is 2. The molecular weight excluding hydrogens is 212 g/mol. The van der Waals surface area contributed by atoms with E-state index in [1.54, 1.807) is 6.08 Å². The first-order valence-corrected chi connectivity index (χ1v) is 5.03. The van der Waals surface area contributed by atoms with E-state index in [-0.39, 0.29) is 0 Å². The first-order chi connectivity index (χ1) is 7.57. The average molecular weight is 230 g/mol. The summed E-state index contributed by atoms with van der Waals surface area (Å²) in [5.41, 5.74) is 0. The van der Waals surface area contributed by atoms with Gasteiger partial charge in [-0.15, -0.1) is 6.58 Å². The van der Waals surface area contributed by atoms with E-state index >= 15 is 0 Å². The fourth-order valence-corrected chi connectivity index (χ4v) is 0.815. The third kappa shape index (κ3) is 7.81. The maximum absolute atomic E-state index is 11.1. The van der Waals surface area contributed by atoms with Crippen LogP contribution in [0.25, 0.3) is 0 Å². The van der Waals surface area contributed by atoms with Crippen molar-refractivity contribution in [3.05, 3.63) is 12.7 Å². The maximum Gasteiger partial charge on any atom is 0.325 e. The van der Waals surface area contributed by atoms with Crippen LogP contribution in [-0.2, 0) is 9.53 Å². The van der Waals surface area contributed by atoms with E-state index < -0.39 is 18.0 Å². The third-order valence-electron chi connectivity index (χ3n) is 1.72. The van der Waals surface area contributed by atoms with Crippen molar-refractivity contribution >= 4 is 12.0 Å². The lowest BCUT2D eigenvalue weighted by Crippen LogP contribution is -2.45. The van der Waals surface area contributed by atoms with Crippen molar-refractivity contribution in [1.29, 1.82) is 0 Å². The Labute approximate surface area is 94.7 Å². The molecule has 0 radical (unpaired) electrons. The number of urea groups is 1. The van der Waals surface area contributed by atoms with Gasteiger partial charge in [-0.2, -0.15) is 0 Å². The highest BCUT2D eigenvalue weighted by Gasteiger charge is 2.12. The summed E-state index contributed by atoms with van der Waals surface area (Å²) in [7, 11) is 0. The van der Waals surface area contributed by atoms with Crippen LogP contribution in [0.5, 0.6) is 0 Å². The summed E-state index contributed by atoms with van der Waals surface area (Å²) in [6.45, 7) is 6.23. The molecule has 3 N–H and O–H groups in total. The summed E-state index contributed by atoms with van der Waals surface area (Å²) in [6, 6.07) is -1.41. The van der Waals surface area contributed by atoms with Crippen LogP contribution in [-0.4, -0.2) is 42.9 Å². The van der Waals surface area contributed by atoms with Gasteiger partial charge in [0.15, 0.2) is 0 Å². The molecule has 0 unspecified atom stereocenters. The molecular formula is C10H18N2O4. The molecule has 0 aromatic rings. The van der Waals surface area contributed by atoms with Gasteiger partial charge in [-0.05, 0) is 13.3 Å². The number of rotatable bonds is 8. The highest BCUT2D eigenvalue weighted by molar-refractivity contribution is 5.82. The standard InChI is InChI=1S/C10H18N2O4/c1-3-4-6-16-7-5-11-10(15)12-8(2)9(13)14/h3,8H,1,4-7H2,2H3,(H,13,14)(H2,11,12,15)/t8-/m1/s1. The number of carboxylic acid groups (broad SMARTS) is 1. The van der Waals surface area contributed by atoms with E-state index in [1.165, 1.54) is 6.92 Å². The first kappa shape index (κ1) is 14.4. The quantitative estimate of drug-likeness (QED) is 0.415. The Hall–Kier alpha value is -1.56. The van der Waals surface area contributed by atoms with E-state index in [9.17, 15) is 9.59 Å². The van der Waals surface area contributed by atoms with E-state index in [0.29, 0.717) is 19.8 Å². The Morgan fingerprint density at radius 3 is 2.75 bits per heavy atom. The molecule has 0 spiro atoms. The highest BCUT2D eigenvalue weighted by atomic mass is 16.5. The number of hydrogen-bond donors (Lipinski definition) is 3. The van der Waals surface area contributed by atoms with Gasteiger partial charge in [-0.3, -0.25) is 4.79 Å². The van der Waals surface area contributed by atoms with E-state index in [2.05, 4.69) is 17.2 Å². The van der Waals surface area contributed by atoms with Gasteiger partial charge in [-0.25, -0.2) is 4.79 Å². The van der Waals surface area contributed by atoms with Gasteiger partial charge < -0.3 is 20.5 Å². The number of carboxylic acids is 1. The Bertz CT molecular complexity index is 243. The van der Waals surface area contributed by atoms with Crippen molar-refractivity contribution in [3.63, 3.8) is 0 Å². The Morgan fingerprint density at radius 2 is 2.19 bits per heavy atom. The summed E-state index contributed by atoms with van der Waals surface area (Å²) in [5, 5.41) is 13.3. The topological polar surface area (TPSA) is 87.7 Å². The smallest absolute Gasteiger partial charge is 0.325 e. The SMILES string of the molecule is C=CCCOCCNC(=O)N[C@H](C)C(=O)O. The molecule has 6 nitrogen and oxygen atoms in total. The number of carbonyl (C=O) groups is 2. The molecule has 0 aliphatic heterocycles. The summed E-state index contributed by atoms with van der Waals surface area (Å²) >= 11 is 0. The molecule has 0 fully saturated rings. The van der Waals surface area contributed by atoms with E-state index in [0.717, 1.165) is 6.42 Å². The van der Waals surface area contributed by atoms with Gasteiger partial charge in [0.25, 0.3) is 0 Å². The van der Waals surface area contributed by atoms with Gasteiger partial charge in [-0.1, -0.05) is 6.08 Å². The fraction of sp³-hybridized carbons (Fsp3) is 0.600. The molecule has 0 aliphatic carbocycles. The van der Waals surface area contributed by atoms with Crippen molar-refractivity contribution in [2.75, 3.05) is 19.8 Å². The van der Waals surface area contributed by atoms with E-state index in [4.69, 9.17) is 9.84 Å². The van der Waals surface area contributed by atoms with Crippen LogP contribution in [0.4, 0.5) is 4.79 Å². The second kappa shape index (κ2) is 8.72. The van der Waals surface area contributed by atoms with Crippen LogP contribution in [0.3, 0.4) is 0 Å². The molecule has 0 aliphatic rings. The molecule has 0 rings (SSSR count). The normalized spacial score (nSPS) is 11.6. The van der Waals surface area contributed by atoms with Crippen LogP contribution in [0.2, 0.25) is 0 Å². The molecule has 1 atom stereocenters. The van der Waals surface area contributed by atoms with Gasteiger partial charge in [0, 0.05) is 6.54 Å². The Morgan fingerprint density at radius 1 is 1.50 bits per heavy atom. The average Bonchev–Trinajstić information content (AvgIpc) is 2.23. The largest absolute Gasteiger partial charge is 0.480 e. The van der Waals surface area contributed by atoms with Crippen LogP contribution < -0.4 is 10.6 Å². The zero-order valence-corrected chi connectivity index (χ0v) is 9.36. The monoisotopic (exact) mass is 230 g/mol. The molecule has 6 heteroatoms. The summed E-state index contributed by atoms with van der Waals surface area (Å²) in [5.74, 6) is -1.07. The lowest BCUT2D eigenvalue weighted by Gasteiger charge is -2.10. The molecule has 0 aromatic heterocycles. The minimum Gasteiger partial charge on any atom is -0.480 e. The molecule has 0 saturated heterocycles. The van der Waals surface area contributed by atoms with Crippen molar-refractivity contribution < 1.29 is 19.4 Å². The number of ether oxygens (including phenoxy) is 1. The lowest BCUT2D eigenvalue weighted by molar-refractivity contribution is -0.138. The summed E-state index contributed by atoms with van der Waals surface area (Å²) < 4.78 is 5.15. The molecule has 0 saturated carbocycles. The molecule has 0 bridgehead atoms. The van der Waals surface area contributed by atoms with Crippen molar-refractivity contribution in [1.82, 2.24) is 10.6 Å². The molecule has 16 heavy (non-hydrogen) atoms. The predicted molar refractivity (Wildman–Crippen MR) is 59.3 cm³/mol. The number of hydrogen-bond acceptors (Lipinski definition) is 3. The lowest BCUT2D eigenvalue weighted by atomic mass is 10.3. The van der Waals surface area contributed by atoms with Gasteiger partial charge in [0.2, 0.25) is 0 Å². The minimum atomic E-state index is -1.07. The maximum atomic E-state index is 11.1. The first-order valence-electron chi connectivity index (χ1n) is 5.03. The number of nitrogens with one attached hydrogen (secondary N) is 2. The second-order valence-electron chi connectivity index (χ2n) is 3.15. The van der Waals surface area contributed by atoms with Gasteiger partial charge >= 0.3 is 12.0 Å². The van der Waals surface area contributed by atoms with Gasteiger partial charge in [0.1, 0.15) is 6.04 Å². The number of aliphatic carboxylic acids is 1. The zero-order chi connectivity index (χ0) is 12.4. The van der Waals surface area contributed by atoms with E-state index in [1.807, 2.05) is 0 Å². The van der Waals surface area contributed by atoms with Crippen molar-refractivity contribution in [2.24, 2.45) is 0 Å².